The van der Waals surface area contributed by atoms with Gasteiger partial charge in [0.25, 0.3) is 0 Å². The average molecular weight is 234 g/mol. The SMILES string of the molecule is CC.CC(=S)NCCCN1CCOCC1.[HH]. The van der Waals surface area contributed by atoms with Crippen molar-refractivity contribution in [2.45, 2.75) is 27.2 Å². The fourth-order valence-corrected chi connectivity index (χ4v) is 1.49. The topological polar surface area (TPSA) is 24.5 Å². The normalized spacial score (nSPS) is 16.5. The van der Waals surface area contributed by atoms with Crippen LogP contribution in [-0.4, -0.2) is 49.3 Å². The van der Waals surface area contributed by atoms with Crippen molar-refractivity contribution < 1.29 is 6.16 Å². The minimum Gasteiger partial charge on any atom is -0.380 e. The van der Waals surface area contributed by atoms with E-state index >= 15 is 0 Å². The van der Waals surface area contributed by atoms with E-state index in [2.05, 4.69) is 10.2 Å². The number of ether oxygens (including phenoxy) is 1. The van der Waals surface area contributed by atoms with Crippen molar-refractivity contribution in [1.82, 2.24) is 10.2 Å². The number of thiocarbonyl (C=S) groups is 1. The second-order valence-electron chi connectivity index (χ2n) is 3.29. The molecule has 3 nitrogen and oxygen atoms in total. The van der Waals surface area contributed by atoms with E-state index < -0.39 is 0 Å². The van der Waals surface area contributed by atoms with Crippen LogP contribution in [0.2, 0.25) is 0 Å². The Hall–Kier alpha value is -0.190. The van der Waals surface area contributed by atoms with Gasteiger partial charge in [0.2, 0.25) is 0 Å². The van der Waals surface area contributed by atoms with Gasteiger partial charge in [0.05, 0.1) is 18.2 Å². The molecule has 0 amide bonds. The third-order valence-electron chi connectivity index (χ3n) is 2.13. The van der Waals surface area contributed by atoms with Crippen LogP contribution in [0, 0.1) is 0 Å². The molecule has 0 aromatic heterocycles. The summed E-state index contributed by atoms with van der Waals surface area (Å²) < 4.78 is 5.27. The summed E-state index contributed by atoms with van der Waals surface area (Å²) >= 11 is 4.92. The van der Waals surface area contributed by atoms with Crippen molar-refractivity contribution in [1.29, 1.82) is 0 Å². The van der Waals surface area contributed by atoms with E-state index in [0.717, 1.165) is 50.8 Å². The maximum atomic E-state index is 5.27. The van der Waals surface area contributed by atoms with Crippen LogP contribution in [0.4, 0.5) is 0 Å². The number of nitrogens with zero attached hydrogens (tertiary/aromatic N) is 1. The molecular weight excluding hydrogens is 208 g/mol. The lowest BCUT2D eigenvalue weighted by molar-refractivity contribution is 0.0376. The lowest BCUT2D eigenvalue weighted by atomic mass is 10.3. The first-order chi connectivity index (χ1) is 7.29. The number of hydrogen-bond donors (Lipinski definition) is 1. The van der Waals surface area contributed by atoms with Gasteiger partial charge in [-0.05, 0) is 19.9 Å². The molecule has 0 spiro atoms. The summed E-state index contributed by atoms with van der Waals surface area (Å²) in [5.41, 5.74) is 0. The van der Waals surface area contributed by atoms with Crippen LogP contribution in [0.15, 0.2) is 0 Å². The Morgan fingerprint density at radius 1 is 1.40 bits per heavy atom. The monoisotopic (exact) mass is 234 g/mol. The molecule has 1 rings (SSSR count). The molecule has 1 fully saturated rings. The van der Waals surface area contributed by atoms with E-state index in [4.69, 9.17) is 17.0 Å². The Labute approximate surface area is 101 Å². The molecule has 15 heavy (non-hydrogen) atoms. The molecule has 0 radical (unpaired) electrons. The zero-order chi connectivity index (χ0) is 11.5. The summed E-state index contributed by atoms with van der Waals surface area (Å²) in [5, 5.41) is 3.16. The summed E-state index contributed by atoms with van der Waals surface area (Å²) in [6, 6.07) is 0. The Bertz CT molecular complexity index is 164. The molecule has 1 saturated heterocycles. The first-order valence-corrected chi connectivity index (χ1v) is 6.24. The second kappa shape index (κ2) is 10.3. The van der Waals surface area contributed by atoms with Gasteiger partial charge in [-0.1, -0.05) is 26.1 Å². The molecule has 0 bridgehead atoms. The molecule has 1 heterocycles. The number of hydrogen-bond acceptors (Lipinski definition) is 3. The summed E-state index contributed by atoms with van der Waals surface area (Å²) in [7, 11) is 0. The van der Waals surface area contributed by atoms with Crippen LogP contribution in [0.5, 0.6) is 0 Å². The van der Waals surface area contributed by atoms with E-state index in [1.165, 1.54) is 0 Å². The standard InChI is InChI=1S/C9H18N2OS.C2H6.H2/c1-9(13)10-3-2-4-11-5-7-12-8-6-11;1-2;/h2-8H2,1H3,(H,10,13);1-2H3;1H. The van der Waals surface area contributed by atoms with E-state index in [9.17, 15) is 0 Å². The fraction of sp³-hybridized carbons (Fsp3) is 0.909. The molecular formula is C11H26N2OS. The minimum atomic E-state index is 0. The van der Waals surface area contributed by atoms with Crippen LogP contribution in [0.25, 0.3) is 0 Å². The number of rotatable bonds is 4. The van der Waals surface area contributed by atoms with Crippen molar-refractivity contribution >= 4 is 17.2 Å². The molecule has 0 aliphatic carbocycles. The van der Waals surface area contributed by atoms with Crippen molar-refractivity contribution in [3.05, 3.63) is 0 Å². The highest BCUT2D eigenvalue weighted by Crippen LogP contribution is 1.97. The zero-order valence-corrected chi connectivity index (χ0v) is 11.0. The predicted octanol–water partition coefficient (Wildman–Crippen LogP) is 1.92. The molecule has 0 aromatic carbocycles. The highest BCUT2D eigenvalue weighted by Gasteiger charge is 2.08. The summed E-state index contributed by atoms with van der Waals surface area (Å²) in [6.07, 6.45) is 1.16. The van der Waals surface area contributed by atoms with Crippen molar-refractivity contribution in [2.75, 3.05) is 39.4 Å². The maximum absolute atomic E-state index is 5.27. The van der Waals surface area contributed by atoms with Gasteiger partial charge in [-0.15, -0.1) is 0 Å². The van der Waals surface area contributed by atoms with Gasteiger partial charge in [0.15, 0.2) is 0 Å². The molecule has 1 aliphatic heterocycles. The smallest absolute Gasteiger partial charge is 0.0721 e. The Balaban J connectivity index is 0. The predicted molar refractivity (Wildman–Crippen MR) is 71.6 cm³/mol. The van der Waals surface area contributed by atoms with E-state index in [-0.39, 0.29) is 1.43 Å². The lowest BCUT2D eigenvalue weighted by Gasteiger charge is -2.26. The summed E-state index contributed by atoms with van der Waals surface area (Å²) in [4.78, 5) is 3.33. The van der Waals surface area contributed by atoms with Gasteiger partial charge in [-0.3, -0.25) is 4.90 Å². The van der Waals surface area contributed by atoms with Crippen LogP contribution < -0.4 is 5.32 Å². The highest BCUT2D eigenvalue weighted by atomic mass is 32.1. The van der Waals surface area contributed by atoms with Crippen molar-refractivity contribution in [3.8, 4) is 0 Å². The summed E-state index contributed by atoms with van der Waals surface area (Å²) in [6.45, 7) is 12.0. The van der Waals surface area contributed by atoms with Gasteiger partial charge in [0.1, 0.15) is 0 Å². The van der Waals surface area contributed by atoms with Crippen LogP contribution >= 0.6 is 12.2 Å². The quantitative estimate of drug-likeness (QED) is 0.593. The first kappa shape index (κ1) is 14.8. The Kier molecular flexibility index (Phi) is 10.2. The van der Waals surface area contributed by atoms with E-state index in [1.54, 1.807) is 0 Å². The van der Waals surface area contributed by atoms with Gasteiger partial charge in [-0.25, -0.2) is 0 Å². The highest BCUT2D eigenvalue weighted by molar-refractivity contribution is 7.80. The third-order valence-corrected chi connectivity index (χ3v) is 2.27. The molecule has 1 N–H and O–H groups in total. The first-order valence-electron chi connectivity index (χ1n) is 5.83. The van der Waals surface area contributed by atoms with Crippen molar-refractivity contribution in [2.24, 2.45) is 0 Å². The van der Waals surface area contributed by atoms with Crippen LogP contribution in [0.3, 0.4) is 0 Å². The lowest BCUT2D eigenvalue weighted by Crippen LogP contribution is -2.37. The largest absolute Gasteiger partial charge is 0.380 e. The van der Waals surface area contributed by atoms with Crippen LogP contribution in [0.1, 0.15) is 28.6 Å². The van der Waals surface area contributed by atoms with Crippen molar-refractivity contribution in [3.63, 3.8) is 0 Å². The number of nitrogens with one attached hydrogen (secondary N) is 1. The third kappa shape index (κ3) is 8.78. The van der Waals surface area contributed by atoms with E-state index in [1.807, 2.05) is 20.8 Å². The number of morpholine rings is 1. The Morgan fingerprint density at radius 2 is 2.00 bits per heavy atom. The second-order valence-corrected chi connectivity index (χ2v) is 3.90. The van der Waals surface area contributed by atoms with Gasteiger partial charge in [-0.2, -0.15) is 0 Å². The molecule has 0 atom stereocenters. The molecule has 0 aromatic rings. The van der Waals surface area contributed by atoms with Gasteiger partial charge in [0, 0.05) is 21.1 Å². The molecule has 0 saturated carbocycles. The minimum absolute atomic E-state index is 0. The van der Waals surface area contributed by atoms with Crippen LogP contribution in [-0.2, 0) is 4.74 Å². The Morgan fingerprint density at radius 3 is 2.53 bits per heavy atom. The fourth-order valence-electron chi connectivity index (χ4n) is 1.39. The van der Waals surface area contributed by atoms with Gasteiger partial charge >= 0.3 is 0 Å². The molecule has 0 unspecified atom stereocenters. The molecule has 4 heteroatoms. The van der Waals surface area contributed by atoms with E-state index in [0.29, 0.717) is 0 Å². The summed E-state index contributed by atoms with van der Waals surface area (Å²) in [5.74, 6) is 0. The molecule has 1 aliphatic rings. The maximum Gasteiger partial charge on any atom is 0.0721 e. The average Bonchev–Trinajstić information content (AvgIpc) is 2.28. The zero-order valence-electron chi connectivity index (χ0n) is 10.2. The van der Waals surface area contributed by atoms with Gasteiger partial charge < -0.3 is 10.1 Å². The molecule has 92 valence electrons.